The fourth-order valence-electron chi connectivity index (χ4n) is 4.55. The lowest BCUT2D eigenvalue weighted by molar-refractivity contribution is 0.102. The van der Waals surface area contributed by atoms with Crippen LogP contribution in [-0.4, -0.2) is 54.0 Å². The maximum atomic E-state index is 12.3. The second kappa shape index (κ2) is 12.6. The largest absolute Gasteiger partial charge is 0.388 e. The number of carbonyl (C=O) groups is 2. The highest BCUT2D eigenvalue weighted by Crippen LogP contribution is 2.25. The summed E-state index contributed by atoms with van der Waals surface area (Å²) in [6, 6.07) is 20.4. The predicted molar refractivity (Wildman–Crippen MR) is 159 cm³/mol. The third kappa shape index (κ3) is 6.84. The Hall–Kier alpha value is -5.12. The summed E-state index contributed by atoms with van der Waals surface area (Å²) < 4.78 is 0. The monoisotopic (exact) mass is 538 g/mol. The Morgan fingerprint density at radius 3 is 2.10 bits per heavy atom. The first-order valence-corrected chi connectivity index (χ1v) is 12.9. The van der Waals surface area contributed by atoms with E-state index in [1.54, 1.807) is 24.3 Å². The van der Waals surface area contributed by atoms with Crippen LogP contribution in [0.2, 0.25) is 0 Å². The number of amides is 1. The van der Waals surface area contributed by atoms with Gasteiger partial charge in [0.05, 0.1) is 0 Å². The van der Waals surface area contributed by atoms with Crippen molar-refractivity contribution in [2.45, 2.75) is 19.5 Å². The molecule has 0 radical (unpaired) electrons. The van der Waals surface area contributed by atoms with Crippen molar-refractivity contribution in [3.8, 4) is 0 Å². The van der Waals surface area contributed by atoms with Crippen molar-refractivity contribution < 1.29 is 9.59 Å². The van der Waals surface area contributed by atoms with E-state index in [4.69, 9.17) is 22.3 Å². The average Bonchev–Trinajstić information content (AvgIpc) is 3.42. The average molecular weight is 539 g/mol. The zero-order valence-electron chi connectivity index (χ0n) is 22.4. The predicted octanol–water partition coefficient (Wildman–Crippen LogP) is 3.67. The van der Waals surface area contributed by atoms with Crippen molar-refractivity contribution in [1.29, 1.82) is 10.8 Å². The lowest BCUT2D eigenvalue weighted by atomic mass is 9.99. The molecule has 5 rings (SSSR count). The molecule has 0 bridgehead atoms. The van der Waals surface area contributed by atoms with Crippen LogP contribution in [0.3, 0.4) is 0 Å². The van der Waals surface area contributed by atoms with Crippen LogP contribution < -0.4 is 22.1 Å². The molecule has 3 aromatic rings. The zero-order chi connectivity index (χ0) is 28.6. The van der Waals surface area contributed by atoms with Gasteiger partial charge in [-0.1, -0.05) is 36.4 Å². The van der Waals surface area contributed by atoms with Crippen LogP contribution >= 0.6 is 0 Å². The molecule has 2 aliphatic heterocycles. The van der Waals surface area contributed by atoms with Crippen LogP contribution in [0.25, 0.3) is 5.57 Å². The number of nitrogens with zero attached hydrogens (tertiary/aromatic N) is 2. The normalized spacial score (nSPS) is 13.8. The van der Waals surface area contributed by atoms with Crippen LogP contribution in [0.1, 0.15) is 43.8 Å². The summed E-state index contributed by atoms with van der Waals surface area (Å²) in [7, 11) is 1.90. The highest BCUT2D eigenvalue weighted by atomic mass is 16.1. The first-order chi connectivity index (χ1) is 19.3. The zero-order valence-corrected chi connectivity index (χ0v) is 22.4. The third-order valence-corrected chi connectivity index (χ3v) is 6.93. The van der Waals surface area contributed by atoms with Gasteiger partial charge in [-0.05, 0) is 65.1 Å². The Labute approximate surface area is 233 Å². The molecule has 0 atom stereocenters. The molecule has 40 heavy (non-hydrogen) atoms. The number of guanidine groups is 2. The number of hydrogen-bond donors (Lipinski definition) is 6. The maximum Gasteiger partial charge on any atom is 0.255 e. The number of fused-ring (bicyclic) bond motifs is 1. The number of carbonyl (C=O) groups excluding carboxylic acids is 2. The molecule has 0 aromatic heterocycles. The first-order valence-electron chi connectivity index (χ1n) is 12.9. The van der Waals surface area contributed by atoms with E-state index in [9.17, 15) is 9.59 Å². The van der Waals surface area contributed by atoms with Gasteiger partial charge in [0.1, 0.15) is 6.29 Å². The molecule has 0 aliphatic carbocycles. The fourth-order valence-corrected chi connectivity index (χ4v) is 4.55. The molecule has 2 aliphatic rings. The minimum absolute atomic E-state index is 0.0968. The summed E-state index contributed by atoms with van der Waals surface area (Å²) in [4.78, 5) is 26.6. The molecule has 8 N–H and O–H groups in total. The van der Waals surface area contributed by atoms with Gasteiger partial charge in [-0.2, -0.15) is 0 Å². The van der Waals surface area contributed by atoms with Gasteiger partial charge in [0, 0.05) is 55.7 Å². The van der Waals surface area contributed by atoms with E-state index >= 15 is 0 Å². The molecule has 0 unspecified atom stereocenters. The number of benzene rings is 3. The Bertz CT molecular complexity index is 1430. The molecule has 10 nitrogen and oxygen atoms in total. The van der Waals surface area contributed by atoms with Crippen molar-refractivity contribution in [3.05, 3.63) is 101 Å². The van der Waals surface area contributed by atoms with Crippen LogP contribution in [0.4, 0.5) is 11.4 Å². The molecule has 10 heteroatoms. The van der Waals surface area contributed by atoms with Gasteiger partial charge in [0.15, 0.2) is 11.9 Å². The Morgan fingerprint density at radius 1 is 0.875 bits per heavy atom. The second-order valence-corrected chi connectivity index (χ2v) is 9.56. The third-order valence-electron chi connectivity index (χ3n) is 6.93. The second-order valence-electron chi connectivity index (χ2n) is 9.56. The lowest BCUT2D eigenvalue weighted by Crippen LogP contribution is -2.39. The van der Waals surface area contributed by atoms with E-state index < -0.39 is 0 Å². The van der Waals surface area contributed by atoms with Crippen LogP contribution in [0.15, 0.2) is 72.8 Å². The Kier molecular flexibility index (Phi) is 8.80. The van der Waals surface area contributed by atoms with Crippen molar-refractivity contribution in [2.24, 2.45) is 11.5 Å². The highest BCUT2D eigenvalue weighted by molar-refractivity contribution is 6.04. The van der Waals surface area contributed by atoms with E-state index in [2.05, 4.69) is 28.8 Å². The Morgan fingerprint density at radius 2 is 1.52 bits per heavy atom. The first kappa shape index (κ1) is 27.9. The minimum Gasteiger partial charge on any atom is -0.388 e. The van der Waals surface area contributed by atoms with Crippen molar-refractivity contribution in [3.63, 3.8) is 0 Å². The van der Waals surface area contributed by atoms with Gasteiger partial charge in [0.25, 0.3) is 5.91 Å². The van der Waals surface area contributed by atoms with E-state index in [0.717, 1.165) is 43.6 Å². The van der Waals surface area contributed by atoms with Gasteiger partial charge in [-0.15, -0.1) is 0 Å². The summed E-state index contributed by atoms with van der Waals surface area (Å²) in [5.41, 5.74) is 18.6. The number of rotatable bonds is 5. The maximum absolute atomic E-state index is 12.3. The van der Waals surface area contributed by atoms with E-state index in [-0.39, 0.29) is 17.8 Å². The number of nitrogens with one attached hydrogen (secondary N) is 4. The smallest absolute Gasteiger partial charge is 0.255 e. The summed E-state index contributed by atoms with van der Waals surface area (Å²) >= 11 is 0. The van der Waals surface area contributed by atoms with Gasteiger partial charge in [-0.3, -0.25) is 20.4 Å². The number of aldehydes is 1. The molecule has 1 amide bonds. The quantitative estimate of drug-likeness (QED) is 0.164. The fraction of sp³-hybridized carbons (Fsp3) is 0.200. The van der Waals surface area contributed by atoms with Crippen molar-refractivity contribution in [2.75, 3.05) is 30.8 Å². The number of hydrogen-bond acceptors (Lipinski definition) is 5. The van der Waals surface area contributed by atoms with Crippen LogP contribution in [0, 0.1) is 10.8 Å². The molecule has 0 saturated heterocycles. The minimum atomic E-state index is -0.218. The molecule has 206 valence electrons. The molecule has 0 fully saturated rings. The topological polar surface area (TPSA) is 164 Å². The number of anilines is 2. The van der Waals surface area contributed by atoms with E-state index in [0.29, 0.717) is 23.4 Å². The van der Waals surface area contributed by atoms with Crippen LogP contribution in [0.5, 0.6) is 0 Å². The van der Waals surface area contributed by atoms with Crippen molar-refractivity contribution in [1.82, 2.24) is 9.80 Å². The lowest BCUT2D eigenvalue weighted by Gasteiger charge is -2.26. The Balaban J connectivity index is 0.000000222. The highest BCUT2D eigenvalue weighted by Gasteiger charge is 2.19. The van der Waals surface area contributed by atoms with Gasteiger partial charge in [0.2, 0.25) is 0 Å². The van der Waals surface area contributed by atoms with E-state index in [1.807, 2.05) is 47.2 Å². The van der Waals surface area contributed by atoms with E-state index in [1.165, 1.54) is 16.7 Å². The summed E-state index contributed by atoms with van der Waals surface area (Å²) in [5.74, 6) is 0.0240. The van der Waals surface area contributed by atoms with Crippen LogP contribution in [-0.2, 0) is 13.1 Å². The molecular weight excluding hydrogens is 504 g/mol. The van der Waals surface area contributed by atoms with Gasteiger partial charge in [-0.25, -0.2) is 0 Å². The summed E-state index contributed by atoms with van der Waals surface area (Å²) in [5, 5.41) is 20.8. The number of nitrogens with two attached hydrogens (primary N) is 2. The molecule has 0 spiro atoms. The molecule has 2 heterocycles. The van der Waals surface area contributed by atoms with Gasteiger partial charge < -0.3 is 31.9 Å². The molecule has 3 aromatic carbocycles. The van der Waals surface area contributed by atoms with Gasteiger partial charge >= 0.3 is 0 Å². The molecule has 0 saturated carbocycles. The molecular formula is C30H34N8O2. The summed E-state index contributed by atoms with van der Waals surface area (Å²) in [6.07, 6.45) is 3.65. The van der Waals surface area contributed by atoms with Crippen molar-refractivity contribution >= 4 is 41.1 Å². The SMILES string of the molecule is CNc1ccc2c(c1)CN(C(=N)N)C2.N=C(N)N1CC=C(c2ccc(NC(=O)c3ccc(C=O)cc3)cc2)CC1. The standard InChI is InChI=1S/C20H20N4O2.C10H14N4/c21-20(22)24-11-9-16(10-12-24)15-5-7-18(8-6-15)23-19(26)17-3-1-14(13-25)2-4-17;1-13-9-3-2-7-5-14(10(11)12)6-8(7)4-9/h1-9,13H,10-12H2,(H3,21,22)(H,23,26);2-4,13H,5-6H2,1H3,(H3,11,12). The summed E-state index contributed by atoms with van der Waals surface area (Å²) in [6.45, 7) is 2.88.